The third-order valence-corrected chi connectivity index (χ3v) is 1.42. The predicted molar refractivity (Wildman–Crippen MR) is 33.8 cm³/mol. The molecular weight excluding hydrogens is 118 g/mol. The van der Waals surface area contributed by atoms with E-state index in [0.29, 0.717) is 6.79 Å². The van der Waals surface area contributed by atoms with E-state index in [2.05, 4.69) is 0 Å². The molecule has 0 radical (unpaired) electrons. The zero-order chi connectivity index (χ0) is 6.53. The average Bonchev–Trinajstić information content (AvgIpc) is 2.34. The standard InChI is InChI=1S/C6H13NO2/c1-8-6-9-7-4-2-3-5-7/h2-6H2,1H3. The lowest BCUT2D eigenvalue weighted by Gasteiger charge is -2.12. The smallest absolute Gasteiger partial charge is 0.166 e. The van der Waals surface area contributed by atoms with Gasteiger partial charge in [0, 0.05) is 20.2 Å². The Morgan fingerprint density at radius 3 is 2.56 bits per heavy atom. The summed E-state index contributed by atoms with van der Waals surface area (Å²) in [6.07, 6.45) is 2.51. The average molecular weight is 131 g/mol. The maximum Gasteiger partial charge on any atom is 0.166 e. The number of hydrogen-bond acceptors (Lipinski definition) is 3. The van der Waals surface area contributed by atoms with E-state index >= 15 is 0 Å². The first-order valence-electron chi connectivity index (χ1n) is 3.30. The highest BCUT2D eigenvalue weighted by molar-refractivity contribution is 4.56. The second-order valence-corrected chi connectivity index (χ2v) is 2.17. The summed E-state index contributed by atoms with van der Waals surface area (Å²) < 4.78 is 4.74. The van der Waals surface area contributed by atoms with Gasteiger partial charge in [-0.05, 0) is 12.8 Å². The van der Waals surface area contributed by atoms with Crippen LogP contribution < -0.4 is 0 Å². The Balaban J connectivity index is 1.98. The predicted octanol–water partition coefficient (Wildman–Crippen LogP) is 0.618. The maximum atomic E-state index is 5.16. The van der Waals surface area contributed by atoms with Crippen LogP contribution in [0.2, 0.25) is 0 Å². The van der Waals surface area contributed by atoms with Crippen molar-refractivity contribution in [3.8, 4) is 0 Å². The van der Waals surface area contributed by atoms with Gasteiger partial charge in [-0.2, -0.15) is 5.06 Å². The lowest BCUT2D eigenvalue weighted by atomic mass is 10.4. The van der Waals surface area contributed by atoms with Crippen LogP contribution in [0.15, 0.2) is 0 Å². The molecule has 0 aliphatic carbocycles. The molecule has 0 amide bonds. The van der Waals surface area contributed by atoms with E-state index in [1.54, 1.807) is 7.11 Å². The van der Waals surface area contributed by atoms with E-state index < -0.39 is 0 Å². The van der Waals surface area contributed by atoms with E-state index in [1.165, 1.54) is 12.8 Å². The van der Waals surface area contributed by atoms with Crippen LogP contribution in [0.5, 0.6) is 0 Å². The third kappa shape index (κ3) is 2.30. The van der Waals surface area contributed by atoms with Gasteiger partial charge in [-0.1, -0.05) is 0 Å². The van der Waals surface area contributed by atoms with Crippen LogP contribution in [-0.4, -0.2) is 32.1 Å². The van der Waals surface area contributed by atoms with Crippen LogP contribution in [0.4, 0.5) is 0 Å². The summed E-state index contributed by atoms with van der Waals surface area (Å²) in [5, 5.41) is 1.95. The van der Waals surface area contributed by atoms with E-state index in [9.17, 15) is 0 Å². The normalized spacial score (nSPS) is 21.0. The third-order valence-electron chi connectivity index (χ3n) is 1.42. The number of hydroxylamine groups is 2. The van der Waals surface area contributed by atoms with Gasteiger partial charge >= 0.3 is 0 Å². The van der Waals surface area contributed by atoms with Gasteiger partial charge in [0.1, 0.15) is 0 Å². The first-order chi connectivity index (χ1) is 4.43. The Morgan fingerprint density at radius 2 is 2.00 bits per heavy atom. The molecule has 54 valence electrons. The van der Waals surface area contributed by atoms with E-state index in [4.69, 9.17) is 9.57 Å². The molecule has 9 heavy (non-hydrogen) atoms. The summed E-state index contributed by atoms with van der Waals surface area (Å²) in [5.41, 5.74) is 0. The number of rotatable bonds is 3. The Kier molecular flexibility index (Phi) is 2.97. The molecule has 1 rings (SSSR count). The fourth-order valence-corrected chi connectivity index (χ4v) is 0.944. The van der Waals surface area contributed by atoms with Gasteiger partial charge in [0.25, 0.3) is 0 Å². The van der Waals surface area contributed by atoms with E-state index in [-0.39, 0.29) is 0 Å². The maximum absolute atomic E-state index is 5.16. The largest absolute Gasteiger partial charge is 0.357 e. The molecule has 1 aliphatic rings. The Labute approximate surface area is 55.5 Å². The molecule has 0 unspecified atom stereocenters. The van der Waals surface area contributed by atoms with Crippen molar-refractivity contribution in [2.45, 2.75) is 12.8 Å². The Bertz CT molecular complexity index is 71.5. The number of nitrogens with zero attached hydrogens (tertiary/aromatic N) is 1. The molecular formula is C6H13NO2. The highest BCUT2D eigenvalue weighted by atomic mass is 16.8. The summed E-state index contributed by atoms with van der Waals surface area (Å²) in [5.74, 6) is 0. The Hall–Kier alpha value is -0.120. The van der Waals surface area contributed by atoms with Gasteiger partial charge in [-0.3, -0.25) is 4.84 Å². The van der Waals surface area contributed by atoms with Gasteiger partial charge in [-0.25, -0.2) is 0 Å². The van der Waals surface area contributed by atoms with Crippen LogP contribution >= 0.6 is 0 Å². The highest BCUT2D eigenvalue weighted by Gasteiger charge is 2.10. The monoisotopic (exact) mass is 131 g/mol. The van der Waals surface area contributed by atoms with Crippen molar-refractivity contribution in [3.63, 3.8) is 0 Å². The minimum atomic E-state index is 0.389. The van der Waals surface area contributed by atoms with Crippen molar-refractivity contribution in [1.29, 1.82) is 0 Å². The number of methoxy groups -OCH3 is 1. The van der Waals surface area contributed by atoms with Crippen LogP contribution in [0.25, 0.3) is 0 Å². The molecule has 3 nitrogen and oxygen atoms in total. The van der Waals surface area contributed by atoms with Crippen molar-refractivity contribution >= 4 is 0 Å². The zero-order valence-corrected chi connectivity index (χ0v) is 5.80. The highest BCUT2D eigenvalue weighted by Crippen LogP contribution is 2.06. The lowest BCUT2D eigenvalue weighted by Crippen LogP contribution is -2.20. The topological polar surface area (TPSA) is 21.7 Å². The molecule has 3 heteroatoms. The first-order valence-corrected chi connectivity index (χ1v) is 3.30. The fraction of sp³-hybridized carbons (Fsp3) is 1.00. The molecule has 0 atom stereocenters. The van der Waals surface area contributed by atoms with Gasteiger partial charge in [0.2, 0.25) is 0 Å². The van der Waals surface area contributed by atoms with Gasteiger partial charge < -0.3 is 4.74 Å². The summed E-state index contributed by atoms with van der Waals surface area (Å²) in [7, 11) is 1.63. The molecule has 0 aromatic rings. The molecule has 1 saturated heterocycles. The summed E-state index contributed by atoms with van der Waals surface area (Å²) in [4.78, 5) is 5.16. The zero-order valence-electron chi connectivity index (χ0n) is 5.80. The molecule has 1 aliphatic heterocycles. The van der Waals surface area contributed by atoms with Gasteiger partial charge in [0.15, 0.2) is 6.79 Å². The van der Waals surface area contributed by atoms with Crippen LogP contribution in [0, 0.1) is 0 Å². The molecule has 0 N–H and O–H groups in total. The molecule has 0 spiro atoms. The molecule has 0 saturated carbocycles. The van der Waals surface area contributed by atoms with Crippen molar-refractivity contribution in [1.82, 2.24) is 5.06 Å². The summed E-state index contributed by atoms with van der Waals surface area (Å²) >= 11 is 0. The van der Waals surface area contributed by atoms with E-state index in [1.807, 2.05) is 5.06 Å². The quantitative estimate of drug-likeness (QED) is 0.524. The van der Waals surface area contributed by atoms with Crippen LogP contribution in [0.1, 0.15) is 12.8 Å². The van der Waals surface area contributed by atoms with Crippen molar-refractivity contribution in [2.24, 2.45) is 0 Å². The second-order valence-electron chi connectivity index (χ2n) is 2.17. The summed E-state index contributed by atoms with van der Waals surface area (Å²) in [6, 6.07) is 0. The fourth-order valence-electron chi connectivity index (χ4n) is 0.944. The molecule has 0 bridgehead atoms. The minimum Gasteiger partial charge on any atom is -0.357 e. The summed E-state index contributed by atoms with van der Waals surface area (Å²) in [6.45, 7) is 2.51. The first kappa shape index (κ1) is 6.99. The molecule has 0 aromatic heterocycles. The second kappa shape index (κ2) is 3.82. The van der Waals surface area contributed by atoms with Crippen LogP contribution in [0.3, 0.4) is 0 Å². The SMILES string of the molecule is COCON1CCCC1. The number of ether oxygens (including phenoxy) is 1. The van der Waals surface area contributed by atoms with E-state index in [0.717, 1.165) is 13.1 Å². The lowest BCUT2D eigenvalue weighted by molar-refractivity contribution is -0.206. The van der Waals surface area contributed by atoms with Crippen LogP contribution in [-0.2, 0) is 9.57 Å². The van der Waals surface area contributed by atoms with Gasteiger partial charge in [-0.15, -0.1) is 0 Å². The molecule has 0 aromatic carbocycles. The van der Waals surface area contributed by atoms with Crippen molar-refractivity contribution in [2.75, 3.05) is 27.0 Å². The molecule has 1 fully saturated rings. The van der Waals surface area contributed by atoms with Crippen molar-refractivity contribution < 1.29 is 9.57 Å². The Morgan fingerprint density at radius 1 is 1.33 bits per heavy atom. The van der Waals surface area contributed by atoms with Gasteiger partial charge in [0.05, 0.1) is 0 Å². The molecule has 1 heterocycles. The minimum absolute atomic E-state index is 0.389. The van der Waals surface area contributed by atoms with Crippen molar-refractivity contribution in [3.05, 3.63) is 0 Å². The number of hydrogen-bond donors (Lipinski definition) is 0.